The van der Waals surface area contributed by atoms with Gasteiger partial charge in [-0.25, -0.2) is 9.98 Å². The van der Waals surface area contributed by atoms with Crippen LogP contribution in [0, 0.1) is 13.8 Å². The summed E-state index contributed by atoms with van der Waals surface area (Å²) in [6.45, 7) is 6.40. The molecule has 202 valence electrons. The number of para-hydroxylation sites is 1. The minimum absolute atomic E-state index is 0.236. The normalized spacial score (nSPS) is 17.6. The number of thioether (sulfide) groups is 1. The van der Waals surface area contributed by atoms with E-state index in [2.05, 4.69) is 68.8 Å². The first-order chi connectivity index (χ1) is 18.6. The van der Waals surface area contributed by atoms with Crippen LogP contribution < -0.4 is 15.4 Å². The molecule has 0 aliphatic carbocycles. The SMILES string of the molecule is Cc1cccc(C)c1N1/C(=N/N=C/c2ccc(C(N)=NC=Nc3ccc(OC(F)(F)F)cc3)cc2)SCC1C. The molecular weight excluding hydrogens is 525 g/mol. The molecule has 1 unspecified atom stereocenters. The van der Waals surface area contributed by atoms with Crippen LogP contribution in [0.2, 0.25) is 0 Å². The van der Waals surface area contributed by atoms with Crippen LogP contribution in [0.3, 0.4) is 0 Å². The van der Waals surface area contributed by atoms with Gasteiger partial charge in [0, 0.05) is 23.0 Å². The number of benzene rings is 3. The Morgan fingerprint density at radius 2 is 1.69 bits per heavy atom. The van der Waals surface area contributed by atoms with Gasteiger partial charge in [0.15, 0.2) is 5.17 Å². The number of rotatable bonds is 7. The molecule has 0 amide bonds. The summed E-state index contributed by atoms with van der Waals surface area (Å²) in [7, 11) is 0. The van der Waals surface area contributed by atoms with E-state index < -0.39 is 6.36 Å². The lowest BCUT2D eigenvalue weighted by molar-refractivity contribution is -0.274. The number of amidine groups is 2. The second-order valence-electron chi connectivity index (χ2n) is 8.82. The molecule has 1 heterocycles. The van der Waals surface area contributed by atoms with Crippen LogP contribution in [-0.2, 0) is 0 Å². The third-order valence-electron chi connectivity index (χ3n) is 5.81. The molecule has 1 aliphatic rings. The molecule has 11 heteroatoms. The fourth-order valence-electron chi connectivity index (χ4n) is 3.96. The summed E-state index contributed by atoms with van der Waals surface area (Å²) in [6.07, 6.45) is -1.82. The molecule has 0 spiro atoms. The number of aryl methyl sites for hydroxylation is 2. The Labute approximate surface area is 229 Å². The molecular formula is C28H27F3N6OS. The van der Waals surface area contributed by atoms with E-state index in [0.29, 0.717) is 17.3 Å². The number of hydrogen-bond donors (Lipinski definition) is 1. The topological polar surface area (TPSA) is 87.9 Å². The number of aliphatic imine (C=N–C) groups is 2. The van der Waals surface area contributed by atoms with Crippen molar-refractivity contribution in [2.24, 2.45) is 25.9 Å². The highest BCUT2D eigenvalue weighted by Gasteiger charge is 2.31. The highest BCUT2D eigenvalue weighted by molar-refractivity contribution is 8.14. The Morgan fingerprint density at radius 1 is 1.03 bits per heavy atom. The molecule has 0 bridgehead atoms. The van der Waals surface area contributed by atoms with Gasteiger partial charge in [0.05, 0.1) is 11.9 Å². The van der Waals surface area contributed by atoms with Crippen molar-refractivity contribution in [1.29, 1.82) is 0 Å². The van der Waals surface area contributed by atoms with Crippen molar-refractivity contribution in [3.63, 3.8) is 0 Å². The zero-order chi connectivity index (χ0) is 28.0. The molecule has 7 nitrogen and oxygen atoms in total. The number of hydrogen-bond acceptors (Lipinski definition) is 5. The predicted molar refractivity (Wildman–Crippen MR) is 154 cm³/mol. The molecule has 0 radical (unpaired) electrons. The molecule has 0 aromatic heterocycles. The first kappa shape index (κ1) is 27.9. The molecule has 4 rings (SSSR count). The van der Waals surface area contributed by atoms with Gasteiger partial charge in [-0.2, -0.15) is 5.10 Å². The van der Waals surface area contributed by atoms with E-state index in [9.17, 15) is 13.2 Å². The maximum atomic E-state index is 12.3. The lowest BCUT2D eigenvalue weighted by Crippen LogP contribution is -2.32. The largest absolute Gasteiger partial charge is 0.573 e. The Bertz CT molecular complexity index is 1400. The zero-order valence-electron chi connectivity index (χ0n) is 21.6. The summed E-state index contributed by atoms with van der Waals surface area (Å²) < 4.78 is 40.6. The van der Waals surface area contributed by atoms with Gasteiger partial charge < -0.3 is 15.4 Å². The minimum atomic E-state index is -4.74. The average Bonchev–Trinajstić information content (AvgIpc) is 3.24. The van der Waals surface area contributed by atoms with Crippen molar-refractivity contribution in [1.82, 2.24) is 0 Å². The maximum absolute atomic E-state index is 12.3. The van der Waals surface area contributed by atoms with Crippen molar-refractivity contribution in [3.05, 3.63) is 89.0 Å². The summed E-state index contributed by atoms with van der Waals surface area (Å²) >= 11 is 1.69. The monoisotopic (exact) mass is 552 g/mol. The smallest absolute Gasteiger partial charge is 0.406 e. The molecule has 39 heavy (non-hydrogen) atoms. The molecule has 1 saturated heterocycles. The number of alkyl halides is 3. The number of nitrogens with zero attached hydrogens (tertiary/aromatic N) is 5. The van der Waals surface area contributed by atoms with Crippen LogP contribution in [-0.4, -0.2) is 41.7 Å². The molecule has 1 fully saturated rings. The van der Waals surface area contributed by atoms with E-state index in [1.807, 2.05) is 12.1 Å². The summed E-state index contributed by atoms with van der Waals surface area (Å²) in [5.74, 6) is 0.853. The van der Waals surface area contributed by atoms with E-state index in [0.717, 1.165) is 16.5 Å². The quantitative estimate of drug-likeness (QED) is 0.203. The Kier molecular flexibility index (Phi) is 8.70. The van der Waals surface area contributed by atoms with Crippen molar-refractivity contribution < 1.29 is 17.9 Å². The number of halogens is 3. The van der Waals surface area contributed by atoms with E-state index in [1.165, 1.54) is 47.4 Å². The molecule has 1 aliphatic heterocycles. The first-order valence-corrected chi connectivity index (χ1v) is 13.0. The number of ether oxygens (including phenoxy) is 1. The number of nitrogens with two attached hydrogens (primary N) is 1. The average molecular weight is 553 g/mol. The van der Waals surface area contributed by atoms with Crippen molar-refractivity contribution in [2.75, 3.05) is 10.7 Å². The molecule has 2 N–H and O–H groups in total. The van der Waals surface area contributed by atoms with Crippen molar-refractivity contribution in [2.45, 2.75) is 33.2 Å². The zero-order valence-corrected chi connectivity index (χ0v) is 22.4. The van der Waals surface area contributed by atoms with E-state index in [1.54, 1.807) is 30.1 Å². The Hall–Kier alpha value is -4.12. The van der Waals surface area contributed by atoms with Gasteiger partial charge in [-0.05, 0) is 61.7 Å². The van der Waals surface area contributed by atoms with Gasteiger partial charge >= 0.3 is 6.36 Å². The molecule has 0 saturated carbocycles. The summed E-state index contributed by atoms with van der Waals surface area (Å²) in [5.41, 5.74) is 11.6. The van der Waals surface area contributed by atoms with E-state index in [4.69, 9.17) is 5.73 Å². The minimum Gasteiger partial charge on any atom is -0.406 e. The van der Waals surface area contributed by atoms with Gasteiger partial charge in [-0.1, -0.05) is 54.2 Å². The van der Waals surface area contributed by atoms with Gasteiger partial charge in [-0.15, -0.1) is 18.3 Å². The fourth-order valence-corrected chi connectivity index (χ4v) is 5.01. The molecule has 3 aromatic carbocycles. The maximum Gasteiger partial charge on any atom is 0.573 e. The highest BCUT2D eigenvalue weighted by atomic mass is 32.2. The third kappa shape index (κ3) is 7.47. The van der Waals surface area contributed by atoms with Crippen molar-refractivity contribution in [3.8, 4) is 5.75 Å². The van der Waals surface area contributed by atoms with Gasteiger partial charge in [-0.3, -0.25) is 0 Å². The molecule has 1 atom stereocenters. The van der Waals surface area contributed by atoms with Crippen LogP contribution in [0.4, 0.5) is 24.5 Å². The molecule has 3 aromatic rings. The summed E-state index contributed by atoms with van der Waals surface area (Å²) in [5, 5.41) is 9.69. The standard InChI is InChI=1S/C28H27F3N6OS/c1-18-5-4-6-19(2)25(18)37-20(3)16-39-27(37)36-35-15-21-7-9-22(10-8-21)26(32)34-17-33-23-11-13-24(14-12-23)38-28(29,30)31/h4-15,17,20H,16H2,1-3H3,(H2,32,33,34)/b35-15+,36-27-. The van der Waals surface area contributed by atoms with Crippen LogP contribution in [0.25, 0.3) is 0 Å². The van der Waals surface area contributed by atoms with Crippen LogP contribution in [0.15, 0.2) is 86.9 Å². The lowest BCUT2D eigenvalue weighted by atomic mass is 10.1. The van der Waals surface area contributed by atoms with Crippen LogP contribution in [0.1, 0.15) is 29.2 Å². The number of anilines is 1. The second kappa shape index (κ2) is 12.2. The van der Waals surface area contributed by atoms with E-state index in [-0.39, 0.29) is 11.6 Å². The summed E-state index contributed by atoms with van der Waals surface area (Å²) in [4.78, 5) is 10.4. The van der Waals surface area contributed by atoms with Gasteiger partial charge in [0.1, 0.15) is 17.9 Å². The van der Waals surface area contributed by atoms with E-state index >= 15 is 0 Å². The first-order valence-electron chi connectivity index (χ1n) is 12.0. The Balaban J connectivity index is 1.39. The van der Waals surface area contributed by atoms with Crippen molar-refractivity contribution >= 4 is 46.7 Å². The summed E-state index contributed by atoms with van der Waals surface area (Å²) in [6, 6.07) is 19.0. The van der Waals surface area contributed by atoms with Crippen LogP contribution >= 0.6 is 11.8 Å². The lowest BCUT2D eigenvalue weighted by Gasteiger charge is -2.26. The fraction of sp³-hybridized carbons (Fsp3) is 0.214. The Morgan fingerprint density at radius 3 is 2.33 bits per heavy atom. The second-order valence-corrected chi connectivity index (χ2v) is 9.81. The van der Waals surface area contributed by atoms with Crippen LogP contribution in [0.5, 0.6) is 5.75 Å². The predicted octanol–water partition coefficient (Wildman–Crippen LogP) is 6.60. The van der Waals surface area contributed by atoms with Gasteiger partial charge in [0.25, 0.3) is 0 Å². The highest BCUT2D eigenvalue weighted by Crippen LogP contribution is 2.34. The third-order valence-corrected chi connectivity index (χ3v) is 7.00. The van der Waals surface area contributed by atoms with Gasteiger partial charge in [0.2, 0.25) is 0 Å².